The van der Waals surface area contributed by atoms with Crippen LogP contribution in [0, 0.1) is 0 Å². The standard InChI is InChI=1S/C36H41N3O5/c1-7-39(8-2)26-16-13-23(14-17-26)34-33(36(41)38-27-11-9-10-12-30(27)42-4)22(3)37-28-19-25(20-29(40)35(28)34)24-15-18-31(43-5)32(21-24)44-6/h9-18,21,25,34,37H,7-8,19-20H2,1-6H3,(H,38,41)/t25-,34-/m1/s1. The number of hydrogen-bond acceptors (Lipinski definition) is 7. The molecule has 1 aliphatic heterocycles. The van der Waals surface area contributed by atoms with Gasteiger partial charge in [-0.15, -0.1) is 0 Å². The van der Waals surface area contributed by atoms with Crippen molar-refractivity contribution in [3.8, 4) is 17.2 Å². The van der Waals surface area contributed by atoms with Crippen LogP contribution in [0.1, 0.15) is 56.6 Å². The lowest BCUT2D eigenvalue weighted by Gasteiger charge is -2.37. The molecule has 0 radical (unpaired) electrons. The molecule has 3 aromatic carbocycles. The molecule has 0 bridgehead atoms. The fourth-order valence-electron chi connectivity index (χ4n) is 6.42. The first-order valence-corrected chi connectivity index (χ1v) is 15.1. The third kappa shape index (κ3) is 5.89. The summed E-state index contributed by atoms with van der Waals surface area (Å²) in [6.07, 6.45) is 0.952. The van der Waals surface area contributed by atoms with Crippen molar-refractivity contribution < 1.29 is 23.8 Å². The van der Waals surface area contributed by atoms with Crippen molar-refractivity contribution in [2.24, 2.45) is 0 Å². The number of anilines is 2. The average Bonchev–Trinajstić information content (AvgIpc) is 3.04. The highest BCUT2D eigenvalue weighted by Crippen LogP contribution is 2.47. The number of ketones is 1. The summed E-state index contributed by atoms with van der Waals surface area (Å²) in [6, 6.07) is 21.4. The van der Waals surface area contributed by atoms with Gasteiger partial charge in [-0.05, 0) is 80.6 Å². The Kier molecular flexibility index (Phi) is 9.28. The third-order valence-corrected chi connectivity index (χ3v) is 8.66. The number of ether oxygens (including phenoxy) is 3. The second-order valence-electron chi connectivity index (χ2n) is 11.0. The summed E-state index contributed by atoms with van der Waals surface area (Å²) in [7, 11) is 4.79. The molecule has 0 unspecified atom stereocenters. The second-order valence-corrected chi connectivity index (χ2v) is 11.0. The minimum absolute atomic E-state index is 0.0199. The molecule has 8 heteroatoms. The molecule has 5 rings (SSSR count). The van der Waals surface area contributed by atoms with E-state index in [0.29, 0.717) is 46.9 Å². The molecule has 1 aliphatic carbocycles. The van der Waals surface area contributed by atoms with Gasteiger partial charge in [0.05, 0.1) is 27.0 Å². The number of dihydropyridines is 1. The molecule has 2 aliphatic rings. The van der Waals surface area contributed by atoms with E-state index in [2.05, 4.69) is 41.5 Å². The fraction of sp³-hybridized carbons (Fsp3) is 0.333. The Hall–Kier alpha value is -4.72. The van der Waals surface area contributed by atoms with Crippen molar-refractivity contribution in [1.82, 2.24) is 5.32 Å². The molecule has 0 fully saturated rings. The van der Waals surface area contributed by atoms with E-state index in [1.165, 1.54) is 0 Å². The molecule has 1 heterocycles. The van der Waals surface area contributed by atoms with Gasteiger partial charge in [0, 0.05) is 53.7 Å². The fourth-order valence-corrected chi connectivity index (χ4v) is 6.42. The number of hydrogen-bond donors (Lipinski definition) is 2. The number of benzene rings is 3. The predicted octanol–water partition coefficient (Wildman–Crippen LogP) is 6.56. The Labute approximate surface area is 259 Å². The van der Waals surface area contributed by atoms with Gasteiger partial charge >= 0.3 is 0 Å². The molecule has 230 valence electrons. The van der Waals surface area contributed by atoms with E-state index < -0.39 is 5.92 Å². The lowest BCUT2D eigenvalue weighted by atomic mass is 9.71. The number of carbonyl (C=O) groups excluding carboxylic acids is 2. The zero-order valence-corrected chi connectivity index (χ0v) is 26.3. The van der Waals surface area contributed by atoms with Crippen molar-refractivity contribution in [2.75, 3.05) is 44.6 Å². The van der Waals surface area contributed by atoms with Gasteiger partial charge in [0.1, 0.15) is 5.75 Å². The maximum atomic E-state index is 14.1. The molecular formula is C36H41N3O5. The maximum Gasteiger partial charge on any atom is 0.254 e. The quantitative estimate of drug-likeness (QED) is 0.274. The van der Waals surface area contributed by atoms with Gasteiger partial charge in [-0.3, -0.25) is 9.59 Å². The van der Waals surface area contributed by atoms with E-state index >= 15 is 0 Å². The number of allylic oxidation sites excluding steroid dienone is 3. The van der Waals surface area contributed by atoms with Crippen LogP contribution in [0.2, 0.25) is 0 Å². The summed E-state index contributed by atoms with van der Waals surface area (Å²) in [4.78, 5) is 30.5. The normalized spacial score (nSPS) is 17.9. The van der Waals surface area contributed by atoms with Gasteiger partial charge in [0.15, 0.2) is 17.3 Å². The van der Waals surface area contributed by atoms with Crippen molar-refractivity contribution in [3.05, 3.63) is 100 Å². The zero-order chi connectivity index (χ0) is 31.4. The largest absolute Gasteiger partial charge is 0.495 e. The van der Waals surface area contributed by atoms with Crippen LogP contribution in [0.15, 0.2) is 89.3 Å². The van der Waals surface area contributed by atoms with E-state index in [4.69, 9.17) is 14.2 Å². The van der Waals surface area contributed by atoms with E-state index in [1.54, 1.807) is 33.5 Å². The summed E-state index contributed by atoms with van der Waals surface area (Å²) < 4.78 is 16.4. The van der Waals surface area contributed by atoms with Crippen molar-refractivity contribution in [3.63, 3.8) is 0 Å². The number of Topliss-reactive ketones (excluding diaryl/α,β-unsaturated/α-hetero) is 1. The molecule has 8 nitrogen and oxygen atoms in total. The number of para-hydroxylation sites is 2. The number of nitrogens with one attached hydrogen (secondary N) is 2. The SMILES string of the molecule is CCN(CC)c1ccc([C@@H]2C(C(=O)Nc3ccccc3OC)=C(C)NC3=C2C(=O)C[C@H](c2ccc(OC)c(OC)c2)C3)cc1. The number of carbonyl (C=O) groups is 2. The van der Waals surface area contributed by atoms with Crippen LogP contribution in [0.25, 0.3) is 0 Å². The highest BCUT2D eigenvalue weighted by Gasteiger charge is 2.41. The molecular weight excluding hydrogens is 554 g/mol. The van der Waals surface area contributed by atoms with E-state index in [1.807, 2.05) is 49.4 Å². The van der Waals surface area contributed by atoms with Crippen LogP contribution in [0.3, 0.4) is 0 Å². The van der Waals surface area contributed by atoms with E-state index in [-0.39, 0.29) is 17.6 Å². The molecule has 2 N–H and O–H groups in total. The van der Waals surface area contributed by atoms with Crippen LogP contribution < -0.4 is 29.7 Å². The summed E-state index contributed by atoms with van der Waals surface area (Å²) in [5, 5.41) is 6.52. The first kappa shape index (κ1) is 30.7. The number of nitrogens with zero attached hydrogens (tertiary/aromatic N) is 1. The number of rotatable bonds is 10. The van der Waals surface area contributed by atoms with Crippen LogP contribution >= 0.6 is 0 Å². The zero-order valence-electron chi connectivity index (χ0n) is 26.3. The predicted molar refractivity (Wildman–Crippen MR) is 174 cm³/mol. The number of methoxy groups -OCH3 is 3. The summed E-state index contributed by atoms with van der Waals surface area (Å²) in [5.41, 5.74) is 6.31. The second kappa shape index (κ2) is 13.3. The highest BCUT2D eigenvalue weighted by atomic mass is 16.5. The summed E-state index contributed by atoms with van der Waals surface area (Å²) >= 11 is 0. The molecule has 2 atom stereocenters. The monoisotopic (exact) mass is 595 g/mol. The Bertz CT molecular complexity index is 1600. The molecule has 0 saturated heterocycles. The molecule has 1 amide bonds. The summed E-state index contributed by atoms with van der Waals surface area (Å²) in [6.45, 7) is 7.94. The third-order valence-electron chi connectivity index (χ3n) is 8.66. The molecule has 0 saturated carbocycles. The van der Waals surface area contributed by atoms with Crippen molar-refractivity contribution >= 4 is 23.1 Å². The van der Waals surface area contributed by atoms with Crippen LogP contribution in [-0.2, 0) is 9.59 Å². The van der Waals surface area contributed by atoms with Crippen LogP contribution in [-0.4, -0.2) is 46.1 Å². The molecule has 44 heavy (non-hydrogen) atoms. The van der Waals surface area contributed by atoms with Gasteiger partial charge in [0.25, 0.3) is 5.91 Å². The summed E-state index contributed by atoms with van der Waals surface area (Å²) in [5.74, 6) is 1.01. The Morgan fingerprint density at radius 1 is 0.864 bits per heavy atom. The average molecular weight is 596 g/mol. The van der Waals surface area contributed by atoms with Gasteiger partial charge in [-0.1, -0.05) is 30.3 Å². The first-order chi connectivity index (χ1) is 21.3. The van der Waals surface area contributed by atoms with Crippen LogP contribution in [0.4, 0.5) is 11.4 Å². The van der Waals surface area contributed by atoms with Crippen LogP contribution in [0.5, 0.6) is 17.2 Å². The van der Waals surface area contributed by atoms with Gasteiger partial charge < -0.3 is 29.7 Å². The van der Waals surface area contributed by atoms with Crippen molar-refractivity contribution in [1.29, 1.82) is 0 Å². The number of amides is 1. The van der Waals surface area contributed by atoms with Gasteiger partial charge in [-0.25, -0.2) is 0 Å². The van der Waals surface area contributed by atoms with E-state index in [9.17, 15) is 9.59 Å². The maximum absolute atomic E-state index is 14.1. The molecule has 3 aromatic rings. The van der Waals surface area contributed by atoms with Gasteiger partial charge in [0.2, 0.25) is 0 Å². The smallest absolute Gasteiger partial charge is 0.254 e. The highest BCUT2D eigenvalue weighted by molar-refractivity contribution is 6.10. The Balaban J connectivity index is 1.56. The topological polar surface area (TPSA) is 89.1 Å². The van der Waals surface area contributed by atoms with Crippen molar-refractivity contribution in [2.45, 2.75) is 45.4 Å². The lowest BCUT2D eigenvalue weighted by Crippen LogP contribution is -2.37. The first-order valence-electron chi connectivity index (χ1n) is 15.1. The Morgan fingerprint density at radius 3 is 2.18 bits per heavy atom. The molecule has 0 spiro atoms. The van der Waals surface area contributed by atoms with Gasteiger partial charge in [-0.2, -0.15) is 0 Å². The lowest BCUT2D eigenvalue weighted by molar-refractivity contribution is -0.116. The Morgan fingerprint density at radius 2 is 1.52 bits per heavy atom. The molecule has 0 aromatic heterocycles. The minimum atomic E-state index is -0.523. The van der Waals surface area contributed by atoms with E-state index in [0.717, 1.165) is 41.3 Å². The minimum Gasteiger partial charge on any atom is -0.495 e.